The Morgan fingerprint density at radius 3 is 1.96 bits per heavy atom. The van der Waals surface area contributed by atoms with E-state index in [-0.39, 0.29) is 0 Å². The Balaban J connectivity index is 3.66. The summed E-state index contributed by atoms with van der Waals surface area (Å²) in [7, 11) is 2.69. The van der Waals surface area contributed by atoms with Gasteiger partial charge in [-0.3, -0.25) is 0 Å². The van der Waals surface area contributed by atoms with Crippen LogP contribution in [0.5, 0.6) is 0 Å². The molecule has 0 heterocycles. The zero-order chi connectivity index (χ0) is 18.1. The second-order valence-electron chi connectivity index (χ2n) is 6.25. The summed E-state index contributed by atoms with van der Waals surface area (Å²) < 4.78 is 16.5. The predicted molar refractivity (Wildman–Crippen MR) is 103 cm³/mol. The molecule has 4 N–H and O–H groups in total. The molecule has 24 heavy (non-hydrogen) atoms. The molecule has 0 aliphatic rings. The molecule has 0 aliphatic carbocycles. The standard InChI is InChI=1S/C17H41N3O3Si/c1-5-17(10-8-16-24(21-2,22-3)23-4)9-6-7-12-19-14-15-20-13-11-18/h17,19-20H,5-16,18H2,1-4H3. The molecule has 1 unspecified atom stereocenters. The second-order valence-corrected chi connectivity index (χ2v) is 9.34. The van der Waals surface area contributed by atoms with Crippen LogP contribution in [-0.4, -0.2) is 62.9 Å². The molecule has 0 rings (SSSR count). The molecule has 1 atom stereocenters. The van der Waals surface area contributed by atoms with Crippen LogP contribution in [0.2, 0.25) is 6.04 Å². The van der Waals surface area contributed by atoms with Crippen LogP contribution in [0, 0.1) is 5.92 Å². The second kappa shape index (κ2) is 16.4. The van der Waals surface area contributed by atoms with E-state index >= 15 is 0 Å². The molecule has 0 aromatic heterocycles. The lowest BCUT2D eigenvalue weighted by Gasteiger charge is -2.25. The molecule has 0 fully saturated rings. The highest BCUT2D eigenvalue weighted by Crippen LogP contribution is 2.23. The lowest BCUT2D eigenvalue weighted by Crippen LogP contribution is -2.42. The van der Waals surface area contributed by atoms with Gasteiger partial charge in [-0.2, -0.15) is 0 Å². The van der Waals surface area contributed by atoms with Crippen molar-refractivity contribution in [3.63, 3.8) is 0 Å². The van der Waals surface area contributed by atoms with Crippen molar-refractivity contribution in [3.8, 4) is 0 Å². The molecule has 7 heteroatoms. The first-order valence-electron chi connectivity index (χ1n) is 9.44. The highest BCUT2D eigenvalue weighted by atomic mass is 28.4. The zero-order valence-corrected chi connectivity index (χ0v) is 17.4. The van der Waals surface area contributed by atoms with Gasteiger partial charge in [0.2, 0.25) is 0 Å². The molecule has 0 aromatic rings. The van der Waals surface area contributed by atoms with Crippen molar-refractivity contribution in [2.24, 2.45) is 11.7 Å². The van der Waals surface area contributed by atoms with Gasteiger partial charge in [-0.1, -0.05) is 32.6 Å². The zero-order valence-electron chi connectivity index (χ0n) is 16.4. The van der Waals surface area contributed by atoms with Crippen LogP contribution in [0.25, 0.3) is 0 Å². The Labute approximate surface area is 150 Å². The number of nitrogens with one attached hydrogen (secondary N) is 2. The molecule has 0 spiro atoms. The molecule has 146 valence electrons. The van der Waals surface area contributed by atoms with Gasteiger partial charge < -0.3 is 29.6 Å². The molecule has 0 bridgehead atoms. The van der Waals surface area contributed by atoms with Crippen molar-refractivity contribution in [3.05, 3.63) is 0 Å². The van der Waals surface area contributed by atoms with Crippen LogP contribution in [0.1, 0.15) is 45.4 Å². The molecule has 0 saturated carbocycles. The molecule has 0 radical (unpaired) electrons. The minimum atomic E-state index is -2.38. The van der Waals surface area contributed by atoms with Crippen molar-refractivity contribution in [2.45, 2.75) is 51.5 Å². The number of unbranched alkanes of at least 4 members (excludes halogenated alkanes) is 1. The molecular weight excluding hydrogens is 322 g/mol. The van der Waals surface area contributed by atoms with E-state index in [1.165, 1.54) is 32.1 Å². The van der Waals surface area contributed by atoms with E-state index < -0.39 is 8.80 Å². The van der Waals surface area contributed by atoms with Gasteiger partial charge in [0.15, 0.2) is 0 Å². The maximum atomic E-state index is 5.49. The molecule has 0 aromatic carbocycles. The van der Waals surface area contributed by atoms with Crippen LogP contribution in [0.3, 0.4) is 0 Å². The van der Waals surface area contributed by atoms with E-state index in [0.29, 0.717) is 6.54 Å². The van der Waals surface area contributed by atoms with Gasteiger partial charge in [-0.25, -0.2) is 0 Å². The minimum Gasteiger partial charge on any atom is -0.377 e. The third-order valence-corrected chi connectivity index (χ3v) is 7.45. The van der Waals surface area contributed by atoms with Crippen molar-refractivity contribution in [2.75, 3.05) is 54.1 Å². The Morgan fingerprint density at radius 1 is 0.833 bits per heavy atom. The van der Waals surface area contributed by atoms with Crippen LogP contribution in [-0.2, 0) is 13.3 Å². The summed E-state index contributed by atoms with van der Waals surface area (Å²) in [5.41, 5.74) is 5.43. The van der Waals surface area contributed by atoms with Gasteiger partial charge in [-0.15, -0.1) is 0 Å². The Morgan fingerprint density at radius 2 is 1.42 bits per heavy atom. The minimum absolute atomic E-state index is 0.709. The van der Waals surface area contributed by atoms with Crippen LogP contribution < -0.4 is 16.4 Å². The Bertz CT molecular complexity index is 261. The van der Waals surface area contributed by atoms with Crippen LogP contribution in [0.15, 0.2) is 0 Å². The van der Waals surface area contributed by atoms with Gasteiger partial charge >= 0.3 is 8.80 Å². The number of hydrogen-bond donors (Lipinski definition) is 3. The fraction of sp³-hybridized carbons (Fsp3) is 1.00. The van der Waals surface area contributed by atoms with Crippen molar-refractivity contribution in [1.29, 1.82) is 0 Å². The van der Waals surface area contributed by atoms with Gasteiger partial charge in [-0.05, 0) is 25.3 Å². The fourth-order valence-corrected chi connectivity index (χ4v) is 4.68. The smallest absolute Gasteiger partial charge is 0.377 e. The summed E-state index contributed by atoms with van der Waals surface area (Å²) in [6.07, 6.45) is 7.45. The summed E-state index contributed by atoms with van der Waals surface area (Å²) in [5.74, 6) is 0.800. The van der Waals surface area contributed by atoms with Crippen LogP contribution in [0.4, 0.5) is 0 Å². The normalized spacial score (nSPS) is 13.4. The van der Waals surface area contributed by atoms with Crippen LogP contribution >= 0.6 is 0 Å². The number of nitrogens with two attached hydrogens (primary N) is 1. The number of rotatable bonds is 18. The Kier molecular flexibility index (Phi) is 16.4. The van der Waals surface area contributed by atoms with Gasteiger partial charge in [0.1, 0.15) is 0 Å². The summed E-state index contributed by atoms with van der Waals surface area (Å²) in [4.78, 5) is 0. The van der Waals surface area contributed by atoms with Crippen molar-refractivity contribution >= 4 is 8.80 Å². The van der Waals surface area contributed by atoms with Gasteiger partial charge in [0.05, 0.1) is 0 Å². The first-order chi connectivity index (χ1) is 11.7. The Hall–Kier alpha value is -0.0231. The largest absolute Gasteiger partial charge is 0.500 e. The average Bonchev–Trinajstić information content (AvgIpc) is 2.62. The van der Waals surface area contributed by atoms with Gasteiger partial charge in [0, 0.05) is 53.6 Å². The van der Waals surface area contributed by atoms with E-state index in [2.05, 4.69) is 17.6 Å². The summed E-state index contributed by atoms with van der Waals surface area (Å²) in [5, 5.41) is 6.76. The van der Waals surface area contributed by atoms with E-state index in [1.54, 1.807) is 21.3 Å². The summed E-state index contributed by atoms with van der Waals surface area (Å²) >= 11 is 0. The SMILES string of the molecule is CCC(CCCCNCCNCCN)CCC[Si](OC)(OC)OC. The van der Waals surface area contributed by atoms with Crippen molar-refractivity contribution < 1.29 is 13.3 Å². The van der Waals surface area contributed by atoms with E-state index in [0.717, 1.165) is 44.6 Å². The first kappa shape index (κ1) is 24.0. The summed E-state index contributed by atoms with van der Waals surface area (Å²) in [6, 6.07) is 0.907. The molecule has 6 nitrogen and oxygen atoms in total. The maximum absolute atomic E-state index is 5.49. The maximum Gasteiger partial charge on any atom is 0.500 e. The number of hydrogen-bond acceptors (Lipinski definition) is 6. The first-order valence-corrected chi connectivity index (χ1v) is 11.4. The highest BCUT2D eigenvalue weighted by molar-refractivity contribution is 6.60. The molecule has 0 aliphatic heterocycles. The topological polar surface area (TPSA) is 77.8 Å². The highest BCUT2D eigenvalue weighted by Gasteiger charge is 2.36. The van der Waals surface area contributed by atoms with E-state index in [4.69, 9.17) is 19.0 Å². The predicted octanol–water partition coefficient (Wildman–Crippen LogP) is 1.98. The van der Waals surface area contributed by atoms with Gasteiger partial charge in [0.25, 0.3) is 0 Å². The fourth-order valence-electron chi connectivity index (χ4n) is 2.93. The third kappa shape index (κ3) is 11.5. The molecule has 0 saturated heterocycles. The third-order valence-electron chi connectivity index (χ3n) is 4.62. The molecule has 0 amide bonds. The quantitative estimate of drug-likeness (QED) is 0.255. The van der Waals surface area contributed by atoms with E-state index in [1.807, 2.05) is 0 Å². The summed E-state index contributed by atoms with van der Waals surface area (Å²) in [6.45, 7) is 7.03. The molecular formula is C17H41N3O3Si. The monoisotopic (exact) mass is 363 g/mol. The lowest BCUT2D eigenvalue weighted by molar-refractivity contribution is 0.122. The van der Waals surface area contributed by atoms with Crippen molar-refractivity contribution in [1.82, 2.24) is 10.6 Å². The lowest BCUT2D eigenvalue weighted by atomic mass is 9.94. The van der Waals surface area contributed by atoms with E-state index in [9.17, 15) is 0 Å². The average molecular weight is 364 g/mol.